The van der Waals surface area contributed by atoms with Crippen LogP contribution in [0.15, 0.2) is 48.8 Å². The first-order valence-corrected chi connectivity index (χ1v) is 8.25. The van der Waals surface area contributed by atoms with Gasteiger partial charge in [0.25, 0.3) is 0 Å². The van der Waals surface area contributed by atoms with Gasteiger partial charge < -0.3 is 14.4 Å². The van der Waals surface area contributed by atoms with E-state index in [2.05, 4.69) is 34.1 Å². The molecule has 0 saturated carbocycles. The number of esters is 1. The first-order valence-electron chi connectivity index (χ1n) is 8.25. The number of imidazole rings is 1. The number of nitrogens with zero attached hydrogens (tertiary/aromatic N) is 3. The van der Waals surface area contributed by atoms with Crippen LogP contribution in [0.1, 0.15) is 10.4 Å². The van der Waals surface area contributed by atoms with Crippen molar-refractivity contribution in [3.05, 3.63) is 54.4 Å². The predicted molar refractivity (Wildman–Crippen MR) is 95.4 cm³/mol. The Bertz CT molecular complexity index is 913. The van der Waals surface area contributed by atoms with E-state index in [1.54, 1.807) is 18.5 Å². The zero-order chi connectivity index (χ0) is 17.2. The molecule has 0 amide bonds. The van der Waals surface area contributed by atoms with Crippen molar-refractivity contribution >= 4 is 22.7 Å². The third kappa shape index (κ3) is 2.96. The molecule has 1 aliphatic heterocycles. The lowest BCUT2D eigenvalue weighted by Crippen LogP contribution is -2.36. The van der Waals surface area contributed by atoms with Crippen molar-refractivity contribution in [1.29, 1.82) is 0 Å². The summed E-state index contributed by atoms with van der Waals surface area (Å²) in [6.45, 7) is 3.32. The number of anilines is 1. The number of morpholine rings is 1. The van der Waals surface area contributed by atoms with Crippen LogP contribution >= 0.6 is 0 Å². The highest BCUT2D eigenvalue weighted by molar-refractivity contribution is 5.93. The Morgan fingerprint density at radius 3 is 2.72 bits per heavy atom. The minimum Gasteiger partial charge on any atom is -0.465 e. The van der Waals surface area contributed by atoms with Crippen molar-refractivity contribution in [3.63, 3.8) is 0 Å². The second-order valence-corrected chi connectivity index (χ2v) is 5.93. The van der Waals surface area contributed by atoms with Crippen LogP contribution in [-0.2, 0) is 9.47 Å². The molecule has 0 atom stereocenters. The van der Waals surface area contributed by atoms with Crippen molar-refractivity contribution in [2.75, 3.05) is 38.3 Å². The highest BCUT2D eigenvalue weighted by Gasteiger charge is 2.13. The first-order chi connectivity index (χ1) is 12.3. The number of hydrogen-bond acceptors (Lipinski definition) is 5. The van der Waals surface area contributed by atoms with Gasteiger partial charge in [-0.05, 0) is 36.4 Å². The maximum Gasteiger partial charge on any atom is 0.337 e. The average Bonchev–Trinajstić information content (AvgIpc) is 3.11. The topological polar surface area (TPSA) is 56.6 Å². The molecule has 1 aromatic heterocycles. The minimum absolute atomic E-state index is 0.356. The average molecular weight is 337 g/mol. The molecule has 3 aromatic rings. The van der Waals surface area contributed by atoms with Crippen LogP contribution in [0.3, 0.4) is 0 Å². The van der Waals surface area contributed by atoms with Crippen molar-refractivity contribution in [1.82, 2.24) is 9.55 Å². The van der Waals surface area contributed by atoms with Gasteiger partial charge in [-0.2, -0.15) is 0 Å². The van der Waals surface area contributed by atoms with Crippen LogP contribution in [-0.4, -0.2) is 48.9 Å². The predicted octanol–water partition coefficient (Wildman–Crippen LogP) is 2.65. The van der Waals surface area contributed by atoms with Crippen molar-refractivity contribution in [2.45, 2.75) is 0 Å². The van der Waals surface area contributed by atoms with Gasteiger partial charge in [-0.1, -0.05) is 6.07 Å². The quantitative estimate of drug-likeness (QED) is 0.688. The first kappa shape index (κ1) is 15.7. The van der Waals surface area contributed by atoms with E-state index < -0.39 is 0 Å². The molecule has 4 rings (SSSR count). The molecule has 1 fully saturated rings. The van der Waals surface area contributed by atoms with Crippen LogP contribution in [0.2, 0.25) is 0 Å². The number of ether oxygens (including phenoxy) is 2. The van der Waals surface area contributed by atoms with Crippen LogP contribution < -0.4 is 4.90 Å². The Balaban J connectivity index is 1.71. The van der Waals surface area contributed by atoms with Gasteiger partial charge in [0, 0.05) is 24.5 Å². The van der Waals surface area contributed by atoms with Crippen LogP contribution in [0.4, 0.5) is 5.69 Å². The highest BCUT2D eigenvalue weighted by Crippen LogP contribution is 2.24. The number of rotatable bonds is 3. The summed E-state index contributed by atoms with van der Waals surface area (Å²) in [5.41, 5.74) is 4.43. The van der Waals surface area contributed by atoms with Gasteiger partial charge in [0.2, 0.25) is 0 Å². The Hall–Kier alpha value is -2.86. The molecule has 6 heteroatoms. The Morgan fingerprint density at radius 1 is 1.12 bits per heavy atom. The van der Waals surface area contributed by atoms with E-state index in [9.17, 15) is 4.79 Å². The molecule has 0 aliphatic carbocycles. The van der Waals surface area contributed by atoms with Crippen molar-refractivity contribution < 1.29 is 14.3 Å². The number of carbonyl (C=O) groups is 1. The molecule has 0 spiro atoms. The zero-order valence-electron chi connectivity index (χ0n) is 14.0. The van der Waals surface area contributed by atoms with E-state index in [0.29, 0.717) is 5.56 Å². The fraction of sp³-hybridized carbons (Fsp3) is 0.263. The van der Waals surface area contributed by atoms with E-state index >= 15 is 0 Å². The van der Waals surface area contributed by atoms with E-state index in [1.165, 1.54) is 12.8 Å². The van der Waals surface area contributed by atoms with Gasteiger partial charge in [-0.25, -0.2) is 9.78 Å². The molecule has 0 bridgehead atoms. The normalized spacial score (nSPS) is 14.7. The highest BCUT2D eigenvalue weighted by atomic mass is 16.5. The lowest BCUT2D eigenvalue weighted by Gasteiger charge is -2.29. The summed E-state index contributed by atoms with van der Waals surface area (Å²) in [4.78, 5) is 18.4. The number of carbonyl (C=O) groups excluding carboxylic acids is 1. The lowest BCUT2D eigenvalue weighted by molar-refractivity contribution is 0.0601. The van der Waals surface area contributed by atoms with Gasteiger partial charge in [0.1, 0.15) is 6.33 Å². The third-order valence-corrected chi connectivity index (χ3v) is 4.45. The second-order valence-electron chi connectivity index (χ2n) is 5.93. The van der Waals surface area contributed by atoms with Gasteiger partial charge >= 0.3 is 5.97 Å². The summed E-state index contributed by atoms with van der Waals surface area (Å²) < 4.78 is 12.2. The number of fused-ring (bicyclic) bond motifs is 1. The van der Waals surface area contributed by atoms with E-state index in [1.807, 2.05) is 10.6 Å². The molecule has 2 aromatic carbocycles. The molecule has 0 radical (unpaired) electrons. The van der Waals surface area contributed by atoms with E-state index in [0.717, 1.165) is 43.0 Å². The van der Waals surface area contributed by atoms with Gasteiger partial charge in [-0.3, -0.25) is 4.57 Å². The fourth-order valence-corrected chi connectivity index (χ4v) is 3.12. The number of aromatic nitrogens is 2. The summed E-state index contributed by atoms with van der Waals surface area (Å²) in [7, 11) is 1.38. The molecule has 6 nitrogen and oxygen atoms in total. The molecule has 25 heavy (non-hydrogen) atoms. The third-order valence-electron chi connectivity index (χ3n) is 4.45. The second kappa shape index (κ2) is 6.57. The standard InChI is InChI=1S/C19H19N3O3/c1-24-19(23)14-5-6-18-17(11-14)20-13-22(18)16-4-2-3-15(12-16)21-7-9-25-10-8-21/h2-6,11-13H,7-10H2,1H3. The van der Waals surface area contributed by atoms with E-state index in [-0.39, 0.29) is 5.97 Å². The SMILES string of the molecule is COC(=O)c1ccc2c(c1)ncn2-c1cccc(N2CCOCC2)c1. The van der Waals surface area contributed by atoms with Crippen LogP contribution in [0.25, 0.3) is 16.7 Å². The molecular weight excluding hydrogens is 318 g/mol. The molecule has 128 valence electrons. The fourth-order valence-electron chi connectivity index (χ4n) is 3.12. The molecule has 0 unspecified atom stereocenters. The Labute approximate surface area is 145 Å². The zero-order valence-corrected chi connectivity index (χ0v) is 14.0. The van der Waals surface area contributed by atoms with Gasteiger partial charge in [0.15, 0.2) is 0 Å². The smallest absolute Gasteiger partial charge is 0.337 e. The Kier molecular flexibility index (Phi) is 4.11. The largest absolute Gasteiger partial charge is 0.465 e. The molecule has 1 saturated heterocycles. The lowest BCUT2D eigenvalue weighted by atomic mass is 10.2. The monoisotopic (exact) mass is 337 g/mol. The summed E-state index contributed by atoms with van der Waals surface area (Å²) in [5.74, 6) is -0.356. The molecule has 1 aliphatic rings. The van der Waals surface area contributed by atoms with Crippen molar-refractivity contribution in [2.24, 2.45) is 0 Å². The molecule has 2 heterocycles. The summed E-state index contributed by atoms with van der Waals surface area (Å²) in [6, 6.07) is 13.8. The van der Waals surface area contributed by atoms with Gasteiger partial charge in [0.05, 0.1) is 36.9 Å². The minimum atomic E-state index is -0.356. The number of benzene rings is 2. The maximum atomic E-state index is 11.7. The maximum absolute atomic E-state index is 11.7. The van der Waals surface area contributed by atoms with Crippen LogP contribution in [0.5, 0.6) is 0 Å². The molecule has 0 N–H and O–H groups in total. The van der Waals surface area contributed by atoms with Crippen molar-refractivity contribution in [3.8, 4) is 5.69 Å². The van der Waals surface area contributed by atoms with E-state index in [4.69, 9.17) is 9.47 Å². The number of methoxy groups -OCH3 is 1. The summed E-state index contributed by atoms with van der Waals surface area (Å²) in [6.07, 6.45) is 1.78. The Morgan fingerprint density at radius 2 is 1.92 bits per heavy atom. The molecular formula is C19H19N3O3. The summed E-state index contributed by atoms with van der Waals surface area (Å²) >= 11 is 0. The van der Waals surface area contributed by atoms with Crippen LogP contribution in [0, 0.1) is 0 Å². The summed E-state index contributed by atoms with van der Waals surface area (Å²) in [5, 5.41) is 0. The number of hydrogen-bond donors (Lipinski definition) is 0. The van der Waals surface area contributed by atoms with Gasteiger partial charge in [-0.15, -0.1) is 0 Å².